The third-order valence-corrected chi connectivity index (χ3v) is 11.9. The average molecular weight is 784 g/mol. The lowest BCUT2D eigenvalue weighted by Crippen LogP contribution is -2.46. The molecule has 0 amide bonds. The fourth-order valence-electron chi connectivity index (χ4n) is 7.12. The third-order valence-electron chi connectivity index (χ3n) is 10.1. The zero-order chi connectivity index (χ0) is 37.7. The maximum atomic E-state index is 12.6. The number of hydrogen-bond donors (Lipinski definition) is 2. The number of fused-ring (bicyclic) bond motifs is 1. The van der Waals surface area contributed by atoms with Crippen molar-refractivity contribution in [1.29, 1.82) is 0 Å². The molecule has 0 aliphatic carbocycles. The molecule has 0 bridgehead atoms. The van der Waals surface area contributed by atoms with E-state index in [4.69, 9.17) is 28.3 Å². The summed E-state index contributed by atoms with van der Waals surface area (Å²) in [5.41, 5.74) is 8.42. The molecular formula is C42H44Cl2N6O3S. The highest BCUT2D eigenvalue weighted by Crippen LogP contribution is 2.33. The summed E-state index contributed by atoms with van der Waals surface area (Å²) >= 11 is 12.7. The van der Waals surface area contributed by atoms with Crippen LogP contribution in [0.1, 0.15) is 39.9 Å². The summed E-state index contributed by atoms with van der Waals surface area (Å²) < 4.78 is 28.9. The van der Waals surface area contributed by atoms with E-state index in [0.29, 0.717) is 29.3 Å². The van der Waals surface area contributed by atoms with E-state index < -0.39 is 10.0 Å². The molecule has 280 valence electrons. The van der Waals surface area contributed by atoms with E-state index in [2.05, 4.69) is 43.8 Å². The van der Waals surface area contributed by atoms with E-state index in [1.807, 2.05) is 72.8 Å². The standard InChI is InChI=1S/C42H44Cl2N6O3S/c1-54(52,53)49-22-19-39-37(30-49)42(46-50(39)21-4-20-47-23-25-48(26-24-47)40-5-2-3-6-41(40)51)35-15-18-38(44)34(27-35)14-11-31-7-9-32(10-8-31)28-45-29-33-12-16-36(43)17-13-33/h2-3,5-10,12-13,15-18,27,45,51H,4,19-26,28-30H2,1H3. The van der Waals surface area contributed by atoms with Crippen molar-refractivity contribution in [3.63, 3.8) is 0 Å². The SMILES string of the molecule is CS(=O)(=O)N1CCc2c(c(-c3ccc(Cl)c(C#Cc4ccc(CNCc5ccc(Cl)cc5)cc4)c3)nn2CCCN2CCN(c3ccccc3O)CC2)C1. The van der Waals surface area contributed by atoms with Crippen LogP contribution in [0.5, 0.6) is 5.75 Å². The minimum atomic E-state index is -3.38. The number of nitrogens with zero attached hydrogens (tertiary/aromatic N) is 5. The highest BCUT2D eigenvalue weighted by atomic mass is 35.5. The van der Waals surface area contributed by atoms with Crippen LogP contribution in [0.3, 0.4) is 0 Å². The molecule has 9 nitrogen and oxygen atoms in total. The van der Waals surface area contributed by atoms with Gasteiger partial charge in [0.15, 0.2) is 0 Å². The van der Waals surface area contributed by atoms with Crippen molar-refractivity contribution in [3.8, 4) is 28.8 Å². The van der Waals surface area contributed by atoms with Crippen molar-refractivity contribution in [2.45, 2.75) is 39.0 Å². The van der Waals surface area contributed by atoms with Gasteiger partial charge >= 0.3 is 0 Å². The fraction of sp³-hybridized carbons (Fsp3) is 0.310. The Morgan fingerprint density at radius 3 is 2.24 bits per heavy atom. The Morgan fingerprint density at radius 2 is 1.54 bits per heavy atom. The molecule has 0 radical (unpaired) electrons. The molecule has 54 heavy (non-hydrogen) atoms. The van der Waals surface area contributed by atoms with Gasteiger partial charge < -0.3 is 15.3 Å². The summed E-state index contributed by atoms with van der Waals surface area (Å²) in [5, 5.41) is 20.1. The number of piperazine rings is 1. The number of phenols is 1. The van der Waals surface area contributed by atoms with Crippen LogP contribution in [0.25, 0.3) is 11.3 Å². The van der Waals surface area contributed by atoms with Gasteiger partial charge in [-0.2, -0.15) is 9.40 Å². The Bertz CT molecular complexity index is 2260. The second-order valence-corrected chi connectivity index (χ2v) is 16.7. The van der Waals surface area contributed by atoms with Crippen molar-refractivity contribution in [3.05, 3.63) is 135 Å². The monoisotopic (exact) mass is 782 g/mol. The minimum absolute atomic E-state index is 0.280. The van der Waals surface area contributed by atoms with Gasteiger partial charge in [-0.1, -0.05) is 77.5 Å². The summed E-state index contributed by atoms with van der Waals surface area (Å²) in [5.74, 6) is 6.85. The normalized spacial score (nSPS) is 15.1. The lowest BCUT2D eigenvalue weighted by atomic mass is 10.0. The Labute approximate surface area is 328 Å². The van der Waals surface area contributed by atoms with E-state index in [1.54, 1.807) is 6.07 Å². The number of halogens is 2. The molecule has 0 saturated carbocycles. The quantitative estimate of drug-likeness (QED) is 0.143. The summed E-state index contributed by atoms with van der Waals surface area (Å²) in [4.78, 5) is 4.69. The second kappa shape index (κ2) is 17.0. The molecule has 2 aliphatic rings. The van der Waals surface area contributed by atoms with E-state index in [1.165, 1.54) is 16.1 Å². The van der Waals surface area contributed by atoms with Gasteiger partial charge in [0.05, 0.1) is 22.7 Å². The molecule has 2 N–H and O–H groups in total. The first-order valence-electron chi connectivity index (χ1n) is 18.3. The molecule has 4 aromatic carbocycles. The number of para-hydroxylation sites is 2. The molecule has 12 heteroatoms. The number of rotatable bonds is 11. The molecule has 0 atom stereocenters. The summed E-state index contributed by atoms with van der Waals surface area (Å²) in [6.07, 6.45) is 2.78. The van der Waals surface area contributed by atoms with Crippen LogP contribution in [0.4, 0.5) is 5.69 Å². The summed E-state index contributed by atoms with van der Waals surface area (Å²) in [6.45, 7) is 7.40. The molecule has 3 heterocycles. The predicted octanol–water partition coefficient (Wildman–Crippen LogP) is 6.78. The number of sulfonamides is 1. The number of phenolic OH excluding ortho intramolecular Hbond substituents is 1. The van der Waals surface area contributed by atoms with Gasteiger partial charge in [-0.15, -0.1) is 0 Å². The van der Waals surface area contributed by atoms with Gasteiger partial charge in [0, 0.05) is 105 Å². The van der Waals surface area contributed by atoms with Crippen molar-refractivity contribution in [2.75, 3.05) is 50.4 Å². The van der Waals surface area contributed by atoms with Crippen LogP contribution in [0, 0.1) is 11.8 Å². The number of nitrogens with one attached hydrogen (secondary N) is 1. The highest BCUT2D eigenvalue weighted by Gasteiger charge is 2.30. The van der Waals surface area contributed by atoms with E-state index >= 15 is 0 Å². The number of aryl methyl sites for hydroxylation is 1. The minimum Gasteiger partial charge on any atom is -0.506 e. The van der Waals surface area contributed by atoms with Crippen LogP contribution in [-0.4, -0.2) is 78.0 Å². The van der Waals surface area contributed by atoms with E-state index in [0.717, 1.165) is 103 Å². The molecule has 1 fully saturated rings. The highest BCUT2D eigenvalue weighted by molar-refractivity contribution is 7.88. The number of aromatic hydroxyl groups is 1. The number of hydrogen-bond acceptors (Lipinski definition) is 7. The zero-order valence-electron chi connectivity index (χ0n) is 30.3. The molecule has 7 rings (SSSR count). The first-order valence-corrected chi connectivity index (χ1v) is 20.9. The third kappa shape index (κ3) is 9.29. The molecular weight excluding hydrogens is 739 g/mol. The van der Waals surface area contributed by atoms with Crippen LogP contribution < -0.4 is 10.2 Å². The molecule has 0 spiro atoms. The van der Waals surface area contributed by atoms with Gasteiger partial charge in [0.1, 0.15) is 5.75 Å². The Morgan fingerprint density at radius 1 is 0.833 bits per heavy atom. The van der Waals surface area contributed by atoms with Crippen molar-refractivity contribution in [1.82, 2.24) is 24.3 Å². The predicted molar refractivity (Wildman–Crippen MR) is 217 cm³/mol. The first kappa shape index (κ1) is 38.0. The maximum absolute atomic E-state index is 12.6. The smallest absolute Gasteiger partial charge is 0.211 e. The van der Waals surface area contributed by atoms with Crippen molar-refractivity contribution < 1.29 is 13.5 Å². The zero-order valence-corrected chi connectivity index (χ0v) is 32.6. The van der Waals surface area contributed by atoms with Gasteiger partial charge in [0.2, 0.25) is 10.0 Å². The van der Waals surface area contributed by atoms with Gasteiger partial charge in [0.25, 0.3) is 0 Å². The molecule has 5 aromatic rings. The maximum Gasteiger partial charge on any atom is 0.211 e. The first-order chi connectivity index (χ1) is 26.1. The largest absolute Gasteiger partial charge is 0.506 e. The van der Waals surface area contributed by atoms with Gasteiger partial charge in [-0.05, 0) is 66.1 Å². The Hall–Kier alpha value is -4.34. The number of aromatic nitrogens is 2. The molecule has 1 aromatic heterocycles. The summed E-state index contributed by atoms with van der Waals surface area (Å²) in [6, 6.07) is 29.2. The van der Waals surface area contributed by atoms with Crippen LogP contribution in [0.2, 0.25) is 10.0 Å². The average Bonchev–Trinajstić information content (AvgIpc) is 3.54. The fourth-order valence-corrected chi connectivity index (χ4v) is 8.20. The van der Waals surface area contributed by atoms with Crippen LogP contribution >= 0.6 is 23.2 Å². The molecule has 0 unspecified atom stereocenters. The molecule has 1 saturated heterocycles. The van der Waals surface area contributed by atoms with E-state index in [-0.39, 0.29) is 6.54 Å². The van der Waals surface area contributed by atoms with Gasteiger partial charge in [-0.3, -0.25) is 9.58 Å². The van der Waals surface area contributed by atoms with Crippen LogP contribution in [0.15, 0.2) is 91.0 Å². The van der Waals surface area contributed by atoms with Crippen molar-refractivity contribution >= 4 is 38.9 Å². The number of benzene rings is 4. The van der Waals surface area contributed by atoms with E-state index in [9.17, 15) is 13.5 Å². The lowest BCUT2D eigenvalue weighted by molar-refractivity contribution is 0.247. The van der Waals surface area contributed by atoms with Crippen LogP contribution in [-0.2, 0) is 42.6 Å². The number of anilines is 1. The van der Waals surface area contributed by atoms with Gasteiger partial charge in [-0.25, -0.2) is 8.42 Å². The Balaban J connectivity index is 1.03. The van der Waals surface area contributed by atoms with Crippen molar-refractivity contribution in [2.24, 2.45) is 0 Å². The lowest BCUT2D eigenvalue weighted by Gasteiger charge is -2.36. The Kier molecular flexibility index (Phi) is 11.9. The topological polar surface area (TPSA) is 93.9 Å². The molecule has 2 aliphatic heterocycles. The summed E-state index contributed by atoms with van der Waals surface area (Å²) in [7, 11) is -3.38. The second-order valence-electron chi connectivity index (χ2n) is 13.9.